The molecule has 0 aliphatic carbocycles. The highest BCUT2D eigenvalue weighted by Crippen LogP contribution is 2.20. The lowest BCUT2D eigenvalue weighted by Crippen LogP contribution is -1.91. The molecule has 0 atom stereocenters. The second kappa shape index (κ2) is 6.97. The number of hydrazone groups is 1. The second-order valence-electron chi connectivity index (χ2n) is 3.88. The quantitative estimate of drug-likeness (QED) is 0.532. The van der Waals surface area contributed by atoms with E-state index in [2.05, 4.69) is 15.5 Å². The molecule has 2 aromatic rings. The number of nitrogens with one attached hydrogen (secondary N) is 1. The third-order valence-corrected chi connectivity index (χ3v) is 3.48. The molecule has 1 heterocycles. The maximum absolute atomic E-state index is 10.5. The van der Waals surface area contributed by atoms with E-state index in [0.717, 1.165) is 21.3 Å². The van der Waals surface area contributed by atoms with Gasteiger partial charge in [0.25, 0.3) is 5.69 Å². The van der Waals surface area contributed by atoms with E-state index in [1.807, 2.05) is 13.8 Å². The molecule has 20 heavy (non-hydrogen) atoms. The average Bonchev–Trinajstić information content (AvgIpc) is 2.69. The van der Waals surface area contributed by atoms with Gasteiger partial charge in [-0.3, -0.25) is 15.5 Å². The number of nitro benzene ring substituents is 1. The van der Waals surface area contributed by atoms with Crippen LogP contribution in [0.4, 0.5) is 10.8 Å². The summed E-state index contributed by atoms with van der Waals surface area (Å²) in [7, 11) is 0. The SMILES string of the molecule is Cc1nc(NN=Cc2ccc([N+](=O)[O-])cc2)sc1C.Cl. The Morgan fingerprint density at radius 1 is 1.35 bits per heavy atom. The number of hydrogen-bond acceptors (Lipinski definition) is 6. The zero-order valence-corrected chi connectivity index (χ0v) is 12.5. The number of rotatable bonds is 4. The highest BCUT2D eigenvalue weighted by molar-refractivity contribution is 7.15. The smallest absolute Gasteiger partial charge is 0.258 e. The van der Waals surface area contributed by atoms with Gasteiger partial charge in [0.2, 0.25) is 5.13 Å². The van der Waals surface area contributed by atoms with Crippen LogP contribution in [0.25, 0.3) is 0 Å². The molecule has 6 nitrogen and oxygen atoms in total. The van der Waals surface area contributed by atoms with Crippen LogP contribution in [0.1, 0.15) is 16.1 Å². The van der Waals surface area contributed by atoms with Gasteiger partial charge in [-0.2, -0.15) is 5.10 Å². The summed E-state index contributed by atoms with van der Waals surface area (Å²) < 4.78 is 0. The van der Waals surface area contributed by atoms with E-state index in [1.54, 1.807) is 18.3 Å². The largest absolute Gasteiger partial charge is 0.269 e. The molecule has 0 aliphatic heterocycles. The molecule has 0 fully saturated rings. The van der Waals surface area contributed by atoms with Crippen molar-refractivity contribution in [2.75, 3.05) is 5.43 Å². The van der Waals surface area contributed by atoms with Crippen molar-refractivity contribution in [3.63, 3.8) is 0 Å². The molecule has 8 heteroatoms. The minimum Gasteiger partial charge on any atom is -0.258 e. The Morgan fingerprint density at radius 2 is 2.00 bits per heavy atom. The Balaban J connectivity index is 0.00000200. The fourth-order valence-electron chi connectivity index (χ4n) is 1.36. The van der Waals surface area contributed by atoms with Crippen LogP contribution in [0, 0.1) is 24.0 Å². The fraction of sp³-hybridized carbons (Fsp3) is 0.167. The number of benzene rings is 1. The third kappa shape index (κ3) is 4.01. The van der Waals surface area contributed by atoms with Gasteiger partial charge in [-0.1, -0.05) is 0 Å². The zero-order chi connectivity index (χ0) is 13.8. The van der Waals surface area contributed by atoms with Crippen LogP contribution in [0.15, 0.2) is 29.4 Å². The molecule has 0 aliphatic rings. The number of anilines is 1. The first kappa shape index (κ1) is 16.1. The van der Waals surface area contributed by atoms with E-state index in [4.69, 9.17) is 0 Å². The van der Waals surface area contributed by atoms with Gasteiger partial charge in [-0.25, -0.2) is 4.98 Å². The van der Waals surface area contributed by atoms with Gasteiger partial charge in [0.05, 0.1) is 16.8 Å². The Bertz CT molecular complexity index is 605. The number of aryl methyl sites for hydroxylation is 2. The zero-order valence-electron chi connectivity index (χ0n) is 10.9. The van der Waals surface area contributed by atoms with E-state index in [-0.39, 0.29) is 18.1 Å². The van der Waals surface area contributed by atoms with E-state index >= 15 is 0 Å². The number of non-ortho nitro benzene ring substituents is 1. The van der Waals surface area contributed by atoms with Gasteiger partial charge in [0.1, 0.15) is 0 Å². The van der Waals surface area contributed by atoms with Gasteiger partial charge >= 0.3 is 0 Å². The average molecular weight is 313 g/mol. The summed E-state index contributed by atoms with van der Waals surface area (Å²) in [5, 5.41) is 15.3. The Kier molecular flexibility index (Phi) is 5.60. The van der Waals surface area contributed by atoms with Crippen molar-refractivity contribution >= 4 is 40.8 Å². The molecule has 0 amide bonds. The van der Waals surface area contributed by atoms with Crippen molar-refractivity contribution in [2.45, 2.75) is 13.8 Å². The van der Waals surface area contributed by atoms with Crippen molar-refractivity contribution in [1.82, 2.24) is 4.98 Å². The van der Waals surface area contributed by atoms with Gasteiger partial charge in [0, 0.05) is 17.0 Å². The van der Waals surface area contributed by atoms with E-state index in [9.17, 15) is 10.1 Å². The molecule has 0 spiro atoms. The van der Waals surface area contributed by atoms with Gasteiger partial charge < -0.3 is 0 Å². The minimum atomic E-state index is -0.430. The normalized spacial score (nSPS) is 10.3. The number of nitrogens with zero attached hydrogens (tertiary/aromatic N) is 3. The van der Waals surface area contributed by atoms with Crippen LogP contribution in [0.3, 0.4) is 0 Å². The maximum atomic E-state index is 10.5. The Hall–Kier alpha value is -1.99. The first-order valence-electron chi connectivity index (χ1n) is 5.54. The Labute approximate surface area is 126 Å². The summed E-state index contributed by atoms with van der Waals surface area (Å²) in [5.41, 5.74) is 4.67. The molecule has 0 radical (unpaired) electrons. The van der Waals surface area contributed by atoms with Crippen molar-refractivity contribution in [2.24, 2.45) is 5.10 Å². The maximum Gasteiger partial charge on any atom is 0.269 e. The van der Waals surface area contributed by atoms with Crippen LogP contribution in [0.5, 0.6) is 0 Å². The summed E-state index contributed by atoms with van der Waals surface area (Å²) >= 11 is 1.53. The van der Waals surface area contributed by atoms with Crippen LogP contribution >= 0.6 is 23.7 Å². The van der Waals surface area contributed by atoms with Crippen LogP contribution in [-0.4, -0.2) is 16.1 Å². The lowest BCUT2D eigenvalue weighted by atomic mass is 10.2. The van der Waals surface area contributed by atoms with Gasteiger partial charge in [-0.05, 0) is 31.5 Å². The predicted molar refractivity (Wildman–Crippen MR) is 83.1 cm³/mol. The number of halogens is 1. The van der Waals surface area contributed by atoms with Crippen molar-refractivity contribution in [3.8, 4) is 0 Å². The van der Waals surface area contributed by atoms with E-state index in [0.29, 0.717) is 0 Å². The summed E-state index contributed by atoms with van der Waals surface area (Å²) in [6, 6.07) is 6.17. The summed E-state index contributed by atoms with van der Waals surface area (Å²) in [6.45, 7) is 3.94. The highest BCUT2D eigenvalue weighted by atomic mass is 35.5. The molecule has 1 N–H and O–H groups in total. The number of thiazole rings is 1. The standard InChI is InChI=1S/C12H12N4O2S.ClH/c1-8-9(2)19-12(14-8)15-13-7-10-3-5-11(6-4-10)16(17)18;/h3-7H,1-2H3,(H,14,15);1H. The number of hydrogen-bond donors (Lipinski definition) is 1. The third-order valence-electron chi connectivity index (χ3n) is 2.51. The number of aromatic nitrogens is 1. The van der Waals surface area contributed by atoms with Crippen molar-refractivity contribution < 1.29 is 4.92 Å². The molecule has 0 unspecified atom stereocenters. The van der Waals surface area contributed by atoms with Gasteiger partial charge in [0.15, 0.2) is 0 Å². The predicted octanol–water partition coefficient (Wildman–Crippen LogP) is 3.54. The fourth-order valence-corrected chi connectivity index (χ4v) is 2.13. The molecular formula is C12H13ClN4O2S. The molecule has 1 aromatic heterocycles. The van der Waals surface area contributed by atoms with Gasteiger partial charge in [-0.15, -0.1) is 23.7 Å². The molecule has 1 aromatic carbocycles. The topological polar surface area (TPSA) is 80.4 Å². The van der Waals surface area contributed by atoms with Crippen LogP contribution < -0.4 is 5.43 Å². The lowest BCUT2D eigenvalue weighted by molar-refractivity contribution is -0.384. The lowest BCUT2D eigenvalue weighted by Gasteiger charge is -1.94. The second-order valence-corrected chi connectivity index (χ2v) is 5.08. The molecule has 0 saturated carbocycles. The first-order valence-corrected chi connectivity index (χ1v) is 6.35. The highest BCUT2D eigenvalue weighted by Gasteiger charge is 2.03. The summed E-state index contributed by atoms with van der Waals surface area (Å²) in [6.07, 6.45) is 1.59. The van der Waals surface area contributed by atoms with E-state index in [1.165, 1.54) is 23.5 Å². The summed E-state index contributed by atoms with van der Waals surface area (Å²) in [4.78, 5) is 15.5. The molecule has 0 saturated heterocycles. The Morgan fingerprint density at radius 3 is 2.50 bits per heavy atom. The van der Waals surface area contributed by atoms with Crippen molar-refractivity contribution in [1.29, 1.82) is 0 Å². The van der Waals surface area contributed by atoms with Crippen LogP contribution in [0.2, 0.25) is 0 Å². The molecule has 106 valence electrons. The minimum absolute atomic E-state index is 0. The summed E-state index contributed by atoms with van der Waals surface area (Å²) in [5.74, 6) is 0. The van der Waals surface area contributed by atoms with Crippen molar-refractivity contribution in [3.05, 3.63) is 50.5 Å². The van der Waals surface area contributed by atoms with Crippen LogP contribution in [-0.2, 0) is 0 Å². The first-order chi connectivity index (χ1) is 9.06. The van der Waals surface area contributed by atoms with E-state index < -0.39 is 4.92 Å². The molecule has 0 bridgehead atoms. The molecule has 2 rings (SSSR count). The number of nitro groups is 1. The monoisotopic (exact) mass is 312 g/mol. The molecular weight excluding hydrogens is 300 g/mol.